The lowest BCUT2D eigenvalue weighted by molar-refractivity contribution is -0.141. The molecular weight excluding hydrogens is 512 g/mol. The van der Waals surface area contributed by atoms with E-state index in [1.54, 1.807) is 4.90 Å². The molecule has 0 aliphatic rings. The molecule has 6 heteroatoms. The van der Waals surface area contributed by atoms with Gasteiger partial charge < -0.3 is 10.2 Å². The van der Waals surface area contributed by atoms with Crippen molar-refractivity contribution in [3.8, 4) is 0 Å². The van der Waals surface area contributed by atoms with E-state index >= 15 is 0 Å². The minimum Gasteiger partial charge on any atom is -0.354 e. The Balaban J connectivity index is 1.89. The van der Waals surface area contributed by atoms with Crippen molar-refractivity contribution in [1.82, 2.24) is 10.2 Å². The Bertz CT molecular complexity index is 1070. The summed E-state index contributed by atoms with van der Waals surface area (Å²) in [6.07, 6.45) is 2.07. The van der Waals surface area contributed by atoms with E-state index in [1.807, 2.05) is 85.8 Å². The second kappa shape index (κ2) is 13.3. The number of nitrogens with one attached hydrogen (secondary N) is 1. The van der Waals surface area contributed by atoms with Gasteiger partial charge in [0.25, 0.3) is 0 Å². The second-order valence-corrected chi connectivity index (χ2v) is 9.56. The van der Waals surface area contributed by atoms with Crippen LogP contribution in [0, 0.1) is 0 Å². The largest absolute Gasteiger partial charge is 0.354 e. The van der Waals surface area contributed by atoms with Crippen LogP contribution in [0.5, 0.6) is 0 Å². The molecule has 0 fully saturated rings. The van der Waals surface area contributed by atoms with Gasteiger partial charge in [0.15, 0.2) is 0 Å². The molecule has 1 atom stereocenters. The SMILES string of the molecule is CCCNC(=O)[C@H](Cc1ccccc1)N(Cc1ccc(Br)cc1)C(=O)CCc1ccccc1Cl. The standard InChI is InChI=1S/C28H30BrClN2O2/c1-2-18-31-28(34)26(19-21-8-4-3-5-9-21)32(20-22-12-15-24(29)16-13-22)27(33)17-14-23-10-6-7-11-25(23)30/h3-13,15-16,26H,2,14,17-20H2,1H3,(H,31,34)/t26-/m0/s1. The monoisotopic (exact) mass is 540 g/mol. The number of nitrogens with zero attached hydrogens (tertiary/aromatic N) is 1. The van der Waals surface area contributed by atoms with Crippen LogP contribution < -0.4 is 5.32 Å². The van der Waals surface area contributed by atoms with Crippen LogP contribution in [0.2, 0.25) is 5.02 Å². The Morgan fingerprint density at radius 3 is 2.29 bits per heavy atom. The van der Waals surface area contributed by atoms with E-state index in [-0.39, 0.29) is 18.2 Å². The van der Waals surface area contributed by atoms with Gasteiger partial charge in [0.1, 0.15) is 6.04 Å². The lowest BCUT2D eigenvalue weighted by Gasteiger charge is -2.31. The van der Waals surface area contributed by atoms with Gasteiger partial charge in [-0.15, -0.1) is 0 Å². The molecular formula is C28H30BrClN2O2. The van der Waals surface area contributed by atoms with Crippen LogP contribution in [0.1, 0.15) is 36.5 Å². The van der Waals surface area contributed by atoms with Gasteiger partial charge >= 0.3 is 0 Å². The molecule has 0 radical (unpaired) electrons. The molecule has 3 rings (SSSR count). The molecule has 0 spiro atoms. The molecule has 0 bridgehead atoms. The first kappa shape index (κ1) is 26.0. The van der Waals surface area contributed by atoms with E-state index in [0.717, 1.165) is 27.6 Å². The number of benzene rings is 3. The van der Waals surface area contributed by atoms with Gasteiger partial charge in [-0.2, -0.15) is 0 Å². The molecule has 0 saturated carbocycles. The molecule has 2 amide bonds. The summed E-state index contributed by atoms with van der Waals surface area (Å²) < 4.78 is 0.967. The van der Waals surface area contributed by atoms with Crippen LogP contribution in [0.15, 0.2) is 83.3 Å². The van der Waals surface area contributed by atoms with Gasteiger partial charge in [0, 0.05) is 35.4 Å². The molecule has 3 aromatic rings. The van der Waals surface area contributed by atoms with Crippen LogP contribution in [0.4, 0.5) is 0 Å². The summed E-state index contributed by atoms with van der Waals surface area (Å²) in [5, 5.41) is 3.65. The molecule has 0 saturated heterocycles. The van der Waals surface area contributed by atoms with Crippen molar-refractivity contribution in [1.29, 1.82) is 0 Å². The Kier molecular flexibility index (Phi) is 10.2. The number of aryl methyl sites for hydroxylation is 1. The summed E-state index contributed by atoms with van der Waals surface area (Å²) in [5.41, 5.74) is 2.91. The van der Waals surface area contributed by atoms with E-state index in [2.05, 4.69) is 21.2 Å². The highest BCUT2D eigenvalue weighted by Crippen LogP contribution is 2.20. The third kappa shape index (κ3) is 7.71. The fourth-order valence-corrected chi connectivity index (χ4v) is 4.29. The third-order valence-corrected chi connectivity index (χ3v) is 6.55. The molecule has 0 aromatic heterocycles. The van der Waals surface area contributed by atoms with E-state index in [1.165, 1.54) is 0 Å². The summed E-state index contributed by atoms with van der Waals surface area (Å²) in [4.78, 5) is 28.6. The van der Waals surface area contributed by atoms with Crippen LogP contribution in [0.3, 0.4) is 0 Å². The molecule has 0 heterocycles. The van der Waals surface area contributed by atoms with Crippen molar-refractivity contribution >= 4 is 39.3 Å². The smallest absolute Gasteiger partial charge is 0.243 e. The first-order chi connectivity index (χ1) is 16.5. The van der Waals surface area contributed by atoms with Gasteiger partial charge in [0.05, 0.1) is 0 Å². The fraction of sp³-hybridized carbons (Fsp3) is 0.286. The van der Waals surface area contributed by atoms with E-state index in [4.69, 9.17) is 11.6 Å². The average Bonchev–Trinajstić information content (AvgIpc) is 2.85. The topological polar surface area (TPSA) is 49.4 Å². The molecule has 34 heavy (non-hydrogen) atoms. The molecule has 1 N–H and O–H groups in total. The van der Waals surface area contributed by atoms with Crippen molar-refractivity contribution in [2.45, 2.75) is 45.2 Å². The minimum absolute atomic E-state index is 0.0737. The Morgan fingerprint density at radius 2 is 1.62 bits per heavy atom. The van der Waals surface area contributed by atoms with Gasteiger partial charge in [-0.25, -0.2) is 0 Å². The Hall–Kier alpha value is -2.63. The average molecular weight is 542 g/mol. The van der Waals surface area contributed by atoms with Gasteiger partial charge in [-0.05, 0) is 47.7 Å². The van der Waals surface area contributed by atoms with Crippen molar-refractivity contribution < 1.29 is 9.59 Å². The molecule has 178 valence electrons. The maximum absolute atomic E-state index is 13.6. The zero-order valence-corrected chi connectivity index (χ0v) is 21.7. The van der Waals surface area contributed by atoms with Crippen molar-refractivity contribution in [2.75, 3.05) is 6.54 Å². The molecule has 0 unspecified atom stereocenters. The summed E-state index contributed by atoms with van der Waals surface area (Å²) in [5.74, 6) is -0.204. The summed E-state index contributed by atoms with van der Waals surface area (Å²) >= 11 is 9.78. The van der Waals surface area contributed by atoms with Crippen LogP contribution in [-0.4, -0.2) is 29.3 Å². The second-order valence-electron chi connectivity index (χ2n) is 8.24. The van der Waals surface area contributed by atoms with Crippen molar-refractivity contribution in [2.24, 2.45) is 0 Å². The number of carbonyl (C=O) groups is 2. The highest BCUT2D eigenvalue weighted by atomic mass is 79.9. The first-order valence-electron chi connectivity index (χ1n) is 11.6. The predicted molar refractivity (Wildman–Crippen MR) is 142 cm³/mol. The first-order valence-corrected chi connectivity index (χ1v) is 12.7. The van der Waals surface area contributed by atoms with E-state index in [9.17, 15) is 9.59 Å². The number of halogens is 2. The van der Waals surface area contributed by atoms with Crippen molar-refractivity contribution in [3.05, 3.63) is 105 Å². The number of hydrogen-bond donors (Lipinski definition) is 1. The van der Waals surface area contributed by atoms with E-state index in [0.29, 0.717) is 31.0 Å². The zero-order chi connectivity index (χ0) is 24.3. The molecule has 3 aromatic carbocycles. The third-order valence-electron chi connectivity index (χ3n) is 5.65. The number of rotatable bonds is 11. The highest BCUT2D eigenvalue weighted by Gasteiger charge is 2.30. The normalized spacial score (nSPS) is 11.6. The van der Waals surface area contributed by atoms with Gasteiger partial charge in [-0.1, -0.05) is 95.1 Å². The number of hydrogen-bond acceptors (Lipinski definition) is 2. The Labute approximate surface area is 215 Å². The molecule has 0 aliphatic carbocycles. The van der Waals surface area contributed by atoms with E-state index < -0.39 is 6.04 Å². The number of amides is 2. The predicted octanol–water partition coefficient (Wildman–Crippen LogP) is 6.20. The quantitative estimate of drug-likeness (QED) is 0.314. The summed E-state index contributed by atoms with van der Waals surface area (Å²) in [6.45, 7) is 2.94. The fourth-order valence-electron chi connectivity index (χ4n) is 3.79. The van der Waals surface area contributed by atoms with Crippen LogP contribution in [-0.2, 0) is 29.0 Å². The molecule has 0 aliphatic heterocycles. The highest BCUT2D eigenvalue weighted by molar-refractivity contribution is 9.10. The van der Waals surface area contributed by atoms with Crippen molar-refractivity contribution in [3.63, 3.8) is 0 Å². The molecule has 4 nitrogen and oxygen atoms in total. The zero-order valence-electron chi connectivity index (χ0n) is 19.3. The maximum Gasteiger partial charge on any atom is 0.243 e. The summed E-state index contributed by atoms with van der Waals surface area (Å²) in [6, 6.07) is 24.6. The number of carbonyl (C=O) groups excluding carboxylic acids is 2. The lowest BCUT2D eigenvalue weighted by Crippen LogP contribution is -2.50. The van der Waals surface area contributed by atoms with Gasteiger partial charge in [0.2, 0.25) is 11.8 Å². The van der Waals surface area contributed by atoms with Gasteiger partial charge in [-0.3, -0.25) is 9.59 Å². The lowest BCUT2D eigenvalue weighted by atomic mass is 10.0. The Morgan fingerprint density at radius 1 is 0.941 bits per heavy atom. The summed E-state index contributed by atoms with van der Waals surface area (Å²) in [7, 11) is 0. The van der Waals surface area contributed by atoms with Crippen LogP contribution in [0.25, 0.3) is 0 Å². The van der Waals surface area contributed by atoms with Crippen LogP contribution >= 0.6 is 27.5 Å². The maximum atomic E-state index is 13.6. The minimum atomic E-state index is -0.614.